The van der Waals surface area contributed by atoms with Gasteiger partial charge in [0.15, 0.2) is 0 Å². The second-order valence-electron chi connectivity index (χ2n) is 5.84. The molecule has 0 bridgehead atoms. The molecule has 0 aromatic rings. The molecule has 3 atom stereocenters. The normalized spacial score (nSPS) is 14.2. The van der Waals surface area contributed by atoms with Gasteiger partial charge in [-0.15, -0.1) is 0 Å². The Morgan fingerprint density at radius 2 is 1.56 bits per heavy atom. The molecule has 8 N–H and O–H groups in total. The quantitative estimate of drug-likeness (QED) is 0.237. The Bertz CT molecular complexity index is 535. The Balaban J connectivity index is 4.97. The van der Waals surface area contributed by atoms with Crippen LogP contribution in [-0.4, -0.2) is 58.0 Å². The predicted molar refractivity (Wildman–Crippen MR) is 85.0 cm³/mol. The molecule has 11 heteroatoms. The Kier molecular flexibility index (Phi) is 9.13. The van der Waals surface area contributed by atoms with Crippen molar-refractivity contribution in [3.8, 4) is 0 Å². The van der Waals surface area contributed by atoms with Gasteiger partial charge in [-0.1, -0.05) is 13.8 Å². The van der Waals surface area contributed by atoms with Gasteiger partial charge in [0, 0.05) is 6.42 Å². The zero-order chi connectivity index (χ0) is 19.7. The molecule has 0 aliphatic heterocycles. The highest BCUT2D eigenvalue weighted by molar-refractivity contribution is 5.93. The predicted octanol–water partition coefficient (Wildman–Crippen LogP) is -2.24. The number of nitrogens with one attached hydrogen (secondary N) is 2. The van der Waals surface area contributed by atoms with Crippen LogP contribution in [0.5, 0.6) is 0 Å². The Hall–Kier alpha value is -2.69. The largest absolute Gasteiger partial charge is 0.481 e. The Labute approximate surface area is 144 Å². The van der Waals surface area contributed by atoms with Gasteiger partial charge in [-0.25, -0.2) is 4.79 Å². The minimum absolute atomic E-state index is 0.201. The molecular formula is C14H24N4O7. The maximum Gasteiger partial charge on any atom is 0.326 e. The molecule has 0 unspecified atom stereocenters. The van der Waals surface area contributed by atoms with E-state index in [0.29, 0.717) is 0 Å². The van der Waals surface area contributed by atoms with E-state index in [1.165, 1.54) is 0 Å². The van der Waals surface area contributed by atoms with Crippen LogP contribution in [0.2, 0.25) is 0 Å². The molecule has 0 aliphatic carbocycles. The van der Waals surface area contributed by atoms with Crippen LogP contribution in [0.15, 0.2) is 0 Å². The van der Waals surface area contributed by atoms with Gasteiger partial charge in [-0.2, -0.15) is 0 Å². The molecule has 3 amide bonds. The molecule has 0 saturated heterocycles. The third-order valence-corrected chi connectivity index (χ3v) is 3.27. The van der Waals surface area contributed by atoms with Crippen LogP contribution in [0.3, 0.4) is 0 Å². The van der Waals surface area contributed by atoms with E-state index in [2.05, 4.69) is 10.6 Å². The highest BCUT2D eigenvalue weighted by atomic mass is 16.4. The number of carbonyl (C=O) groups is 5. The molecule has 0 aromatic heterocycles. The van der Waals surface area contributed by atoms with E-state index in [0.717, 1.165) is 0 Å². The van der Waals surface area contributed by atoms with Crippen LogP contribution in [0.4, 0.5) is 0 Å². The zero-order valence-corrected chi connectivity index (χ0v) is 14.0. The zero-order valence-electron chi connectivity index (χ0n) is 14.0. The van der Waals surface area contributed by atoms with Gasteiger partial charge >= 0.3 is 11.9 Å². The van der Waals surface area contributed by atoms with E-state index >= 15 is 0 Å². The lowest BCUT2D eigenvalue weighted by Crippen LogP contribution is -2.56. The number of primary amides is 1. The Morgan fingerprint density at radius 3 is 1.96 bits per heavy atom. The van der Waals surface area contributed by atoms with Gasteiger partial charge in [0.25, 0.3) is 0 Å². The molecular weight excluding hydrogens is 336 g/mol. The van der Waals surface area contributed by atoms with E-state index in [4.69, 9.17) is 21.7 Å². The van der Waals surface area contributed by atoms with Crippen molar-refractivity contribution in [2.45, 2.75) is 51.2 Å². The number of hydrogen-bond acceptors (Lipinski definition) is 6. The van der Waals surface area contributed by atoms with E-state index in [-0.39, 0.29) is 12.8 Å². The van der Waals surface area contributed by atoms with E-state index in [1.54, 1.807) is 13.8 Å². The summed E-state index contributed by atoms with van der Waals surface area (Å²) in [7, 11) is 0. The maximum absolute atomic E-state index is 12.3. The third-order valence-electron chi connectivity index (χ3n) is 3.27. The van der Waals surface area contributed by atoms with Crippen LogP contribution in [-0.2, 0) is 24.0 Å². The molecule has 0 heterocycles. The molecule has 0 fully saturated rings. The highest BCUT2D eigenvalue weighted by Gasteiger charge is 2.30. The van der Waals surface area contributed by atoms with Gasteiger partial charge in [0.2, 0.25) is 17.7 Å². The molecule has 0 spiro atoms. The topological polar surface area (TPSA) is 202 Å². The minimum Gasteiger partial charge on any atom is -0.481 e. The molecule has 0 radical (unpaired) electrons. The summed E-state index contributed by atoms with van der Waals surface area (Å²) in [6.45, 7) is 3.21. The first-order chi connectivity index (χ1) is 11.5. The van der Waals surface area contributed by atoms with E-state index in [1.807, 2.05) is 0 Å². The molecule has 0 aromatic carbocycles. The fourth-order valence-corrected chi connectivity index (χ4v) is 1.88. The maximum atomic E-state index is 12.3. The van der Waals surface area contributed by atoms with Crippen LogP contribution in [0.1, 0.15) is 33.1 Å². The standard InChI is InChI=1S/C14H24N4O7/c1-6(2)11(18-12(22)7(15)5-10(20)21)13(23)17-8(14(24)25)3-4-9(16)19/h6-8,11H,3-5,15H2,1-2H3,(H2,16,19)(H,17,23)(H,18,22)(H,20,21)(H,24,25)/t7-,8-,11-/m0/s1. The Morgan fingerprint density at radius 1 is 1.00 bits per heavy atom. The van der Waals surface area contributed by atoms with Crippen molar-refractivity contribution in [3.05, 3.63) is 0 Å². The average Bonchev–Trinajstić information content (AvgIpc) is 2.46. The lowest BCUT2D eigenvalue weighted by molar-refractivity contribution is -0.143. The molecule has 0 aliphatic rings. The molecule has 0 rings (SSSR count). The number of amides is 3. The summed E-state index contributed by atoms with van der Waals surface area (Å²) in [5, 5.41) is 22.2. The summed E-state index contributed by atoms with van der Waals surface area (Å²) in [4.78, 5) is 56.6. The second kappa shape index (κ2) is 10.2. The van der Waals surface area contributed by atoms with E-state index < -0.39 is 60.1 Å². The van der Waals surface area contributed by atoms with Crippen molar-refractivity contribution in [2.75, 3.05) is 0 Å². The van der Waals surface area contributed by atoms with Gasteiger partial charge in [0.05, 0.1) is 12.5 Å². The first-order valence-corrected chi connectivity index (χ1v) is 7.54. The molecule has 142 valence electrons. The number of carbonyl (C=O) groups excluding carboxylic acids is 3. The smallest absolute Gasteiger partial charge is 0.326 e. The van der Waals surface area contributed by atoms with Crippen molar-refractivity contribution in [2.24, 2.45) is 17.4 Å². The minimum atomic E-state index is -1.36. The van der Waals surface area contributed by atoms with Crippen molar-refractivity contribution in [1.82, 2.24) is 10.6 Å². The fraction of sp³-hybridized carbons (Fsp3) is 0.643. The SMILES string of the molecule is CC(C)[C@H](NC(=O)[C@@H](N)CC(=O)O)C(=O)N[C@@H](CCC(N)=O)C(=O)O. The summed E-state index contributed by atoms with van der Waals surface area (Å²) >= 11 is 0. The number of carboxylic acid groups (broad SMARTS) is 2. The lowest BCUT2D eigenvalue weighted by atomic mass is 10.0. The van der Waals surface area contributed by atoms with Crippen molar-refractivity contribution < 1.29 is 34.2 Å². The number of carboxylic acids is 2. The van der Waals surface area contributed by atoms with Crippen LogP contribution >= 0.6 is 0 Å². The summed E-state index contributed by atoms with van der Waals surface area (Å²) in [5.41, 5.74) is 10.4. The van der Waals surface area contributed by atoms with Crippen LogP contribution in [0.25, 0.3) is 0 Å². The van der Waals surface area contributed by atoms with Crippen LogP contribution in [0, 0.1) is 5.92 Å². The molecule has 25 heavy (non-hydrogen) atoms. The summed E-state index contributed by atoms with van der Waals surface area (Å²) in [5.74, 6) is -5.40. The highest BCUT2D eigenvalue weighted by Crippen LogP contribution is 2.05. The fourth-order valence-electron chi connectivity index (χ4n) is 1.88. The number of nitrogens with two attached hydrogens (primary N) is 2. The first kappa shape index (κ1) is 22.3. The monoisotopic (exact) mass is 360 g/mol. The second-order valence-corrected chi connectivity index (χ2v) is 5.84. The van der Waals surface area contributed by atoms with Gasteiger partial charge in [-0.3, -0.25) is 19.2 Å². The van der Waals surface area contributed by atoms with Crippen molar-refractivity contribution >= 4 is 29.7 Å². The summed E-state index contributed by atoms with van der Waals surface area (Å²) in [6.07, 6.45) is -1.05. The van der Waals surface area contributed by atoms with Gasteiger partial charge < -0.3 is 32.3 Å². The molecule has 0 saturated carbocycles. The van der Waals surface area contributed by atoms with E-state index in [9.17, 15) is 24.0 Å². The third kappa shape index (κ3) is 8.65. The summed E-state index contributed by atoms with van der Waals surface area (Å²) < 4.78 is 0. The van der Waals surface area contributed by atoms with Gasteiger partial charge in [0.1, 0.15) is 12.1 Å². The van der Waals surface area contributed by atoms with Crippen molar-refractivity contribution in [3.63, 3.8) is 0 Å². The molecule has 11 nitrogen and oxygen atoms in total. The van der Waals surface area contributed by atoms with Crippen LogP contribution < -0.4 is 22.1 Å². The summed E-state index contributed by atoms with van der Waals surface area (Å²) in [6, 6.07) is -3.83. The first-order valence-electron chi connectivity index (χ1n) is 7.54. The number of aliphatic carboxylic acids is 2. The number of rotatable bonds is 11. The van der Waals surface area contributed by atoms with Crippen molar-refractivity contribution in [1.29, 1.82) is 0 Å². The van der Waals surface area contributed by atoms with Gasteiger partial charge in [-0.05, 0) is 12.3 Å². The lowest BCUT2D eigenvalue weighted by Gasteiger charge is -2.25. The number of hydrogen-bond donors (Lipinski definition) is 6. The average molecular weight is 360 g/mol.